The lowest BCUT2D eigenvalue weighted by Crippen LogP contribution is -2.26. The van der Waals surface area contributed by atoms with Crippen molar-refractivity contribution in [3.05, 3.63) is 0 Å². The van der Waals surface area contributed by atoms with Gasteiger partial charge in [0.25, 0.3) is 0 Å². The first kappa shape index (κ1) is 8.88. The van der Waals surface area contributed by atoms with E-state index in [1.165, 1.54) is 0 Å². The van der Waals surface area contributed by atoms with E-state index < -0.39 is 0 Å². The van der Waals surface area contributed by atoms with Gasteiger partial charge in [0.15, 0.2) is 0 Å². The molecule has 1 saturated heterocycles. The fraction of sp³-hybridized carbons (Fsp3) is 1.00. The van der Waals surface area contributed by atoms with Crippen molar-refractivity contribution in [1.82, 2.24) is 0 Å². The smallest absolute Gasteiger partial charge is 0.0774 e. The Kier molecular flexibility index (Phi) is 3.77. The van der Waals surface area contributed by atoms with Gasteiger partial charge in [-0.15, -0.1) is 0 Å². The van der Waals surface area contributed by atoms with Crippen LogP contribution in [0.2, 0.25) is 0 Å². The van der Waals surface area contributed by atoms with Crippen molar-refractivity contribution >= 4 is 0 Å². The van der Waals surface area contributed by atoms with E-state index in [-0.39, 0.29) is 11.6 Å². The van der Waals surface area contributed by atoms with Crippen molar-refractivity contribution < 1.29 is 15.3 Å². The molecule has 0 unspecified atom stereocenters. The van der Waals surface area contributed by atoms with Crippen molar-refractivity contribution in [2.45, 2.75) is 32.0 Å². The minimum absolute atomic E-state index is 0. The monoisotopic (exact) mass is 134 g/mol. The molecule has 0 saturated carbocycles. The van der Waals surface area contributed by atoms with Crippen molar-refractivity contribution in [3.63, 3.8) is 0 Å². The summed E-state index contributed by atoms with van der Waals surface area (Å²) in [4.78, 5) is 0. The molecule has 1 fully saturated rings. The zero-order chi connectivity index (χ0) is 5.98. The van der Waals surface area contributed by atoms with E-state index in [4.69, 9.17) is 9.84 Å². The minimum atomic E-state index is -0.203. The molecular formula is C6H14O3. The van der Waals surface area contributed by atoms with Crippen molar-refractivity contribution in [2.24, 2.45) is 0 Å². The lowest BCUT2D eigenvalue weighted by molar-refractivity contribution is -0.0472. The fourth-order valence-electron chi connectivity index (χ4n) is 0.869. The Morgan fingerprint density at radius 2 is 2.11 bits per heavy atom. The standard InChI is InChI=1S/C6H12O2.H2O/c1-5-2-3-6(7)4-8-5;/h5-7H,2-4H2,1H3;1H2/t5-,6-;/m1./s1. The first-order valence-corrected chi connectivity index (χ1v) is 3.08. The first-order valence-electron chi connectivity index (χ1n) is 3.08. The van der Waals surface area contributed by atoms with Crippen LogP contribution in [-0.2, 0) is 4.74 Å². The Bertz CT molecular complexity index is 56.7. The molecule has 0 radical (unpaired) electrons. The van der Waals surface area contributed by atoms with Gasteiger partial charge in [0, 0.05) is 0 Å². The molecule has 0 aromatic carbocycles. The highest BCUT2D eigenvalue weighted by molar-refractivity contribution is 4.64. The first-order chi connectivity index (χ1) is 3.79. The van der Waals surface area contributed by atoms with Crippen LogP contribution in [0.15, 0.2) is 0 Å². The molecule has 0 aromatic rings. The molecule has 0 spiro atoms. The van der Waals surface area contributed by atoms with E-state index in [1.54, 1.807) is 0 Å². The second-order valence-electron chi connectivity index (χ2n) is 2.38. The molecule has 1 aliphatic rings. The van der Waals surface area contributed by atoms with Crippen molar-refractivity contribution in [3.8, 4) is 0 Å². The topological polar surface area (TPSA) is 61.0 Å². The highest BCUT2D eigenvalue weighted by atomic mass is 16.5. The predicted octanol–water partition coefficient (Wildman–Crippen LogP) is -0.279. The third kappa shape index (κ3) is 2.79. The van der Waals surface area contributed by atoms with E-state index in [0.29, 0.717) is 12.7 Å². The molecule has 1 heterocycles. The van der Waals surface area contributed by atoms with Crippen LogP contribution in [-0.4, -0.2) is 29.4 Å². The van der Waals surface area contributed by atoms with Crippen LogP contribution in [0, 0.1) is 0 Å². The van der Waals surface area contributed by atoms with Gasteiger partial charge < -0.3 is 15.3 Å². The molecule has 0 amide bonds. The lowest BCUT2D eigenvalue weighted by Gasteiger charge is -2.22. The number of aliphatic hydroxyl groups is 1. The summed E-state index contributed by atoms with van der Waals surface area (Å²) >= 11 is 0. The Balaban J connectivity index is 0.000000640. The summed E-state index contributed by atoms with van der Waals surface area (Å²) in [7, 11) is 0. The molecule has 56 valence electrons. The Labute approximate surface area is 54.9 Å². The average Bonchev–Trinajstić information content (AvgIpc) is 1.77. The molecule has 2 atom stereocenters. The van der Waals surface area contributed by atoms with E-state index in [2.05, 4.69) is 0 Å². The van der Waals surface area contributed by atoms with E-state index in [9.17, 15) is 0 Å². The SMILES string of the molecule is C[C@@H]1CC[C@@H](O)CO1.O. The van der Waals surface area contributed by atoms with Gasteiger partial charge >= 0.3 is 0 Å². The van der Waals surface area contributed by atoms with Crippen molar-refractivity contribution in [1.29, 1.82) is 0 Å². The van der Waals surface area contributed by atoms with Gasteiger partial charge in [-0.1, -0.05) is 0 Å². The second-order valence-corrected chi connectivity index (χ2v) is 2.38. The summed E-state index contributed by atoms with van der Waals surface area (Å²) in [6, 6.07) is 0. The molecule has 3 heteroatoms. The molecule has 0 aromatic heterocycles. The van der Waals surface area contributed by atoms with Crippen LogP contribution in [0.3, 0.4) is 0 Å². The predicted molar refractivity (Wildman–Crippen MR) is 34.3 cm³/mol. The van der Waals surface area contributed by atoms with Gasteiger partial charge in [-0.2, -0.15) is 0 Å². The summed E-state index contributed by atoms with van der Waals surface area (Å²) < 4.78 is 5.14. The fourth-order valence-corrected chi connectivity index (χ4v) is 0.869. The largest absolute Gasteiger partial charge is 0.412 e. The number of aliphatic hydroxyl groups excluding tert-OH is 1. The number of ether oxygens (including phenoxy) is 1. The van der Waals surface area contributed by atoms with Crippen molar-refractivity contribution in [2.75, 3.05) is 6.61 Å². The van der Waals surface area contributed by atoms with E-state index in [0.717, 1.165) is 12.8 Å². The molecule has 3 N–H and O–H groups in total. The summed E-state index contributed by atoms with van der Waals surface area (Å²) in [5.74, 6) is 0. The van der Waals surface area contributed by atoms with Gasteiger partial charge in [0.05, 0.1) is 18.8 Å². The summed E-state index contributed by atoms with van der Waals surface area (Å²) in [6.45, 7) is 2.56. The lowest BCUT2D eigenvalue weighted by atomic mass is 10.1. The number of hydrogen-bond donors (Lipinski definition) is 1. The molecule has 1 aliphatic heterocycles. The van der Waals surface area contributed by atoms with Crippen LogP contribution in [0.25, 0.3) is 0 Å². The quantitative estimate of drug-likeness (QED) is 0.495. The highest BCUT2D eigenvalue weighted by Crippen LogP contribution is 2.11. The third-order valence-electron chi connectivity index (χ3n) is 1.48. The Morgan fingerprint density at radius 3 is 2.44 bits per heavy atom. The van der Waals surface area contributed by atoms with Gasteiger partial charge in [-0.25, -0.2) is 0 Å². The van der Waals surface area contributed by atoms with Crippen LogP contribution in [0.4, 0.5) is 0 Å². The summed E-state index contributed by atoms with van der Waals surface area (Å²) in [6.07, 6.45) is 2.06. The minimum Gasteiger partial charge on any atom is -0.412 e. The highest BCUT2D eigenvalue weighted by Gasteiger charge is 2.14. The Morgan fingerprint density at radius 1 is 1.44 bits per heavy atom. The van der Waals surface area contributed by atoms with Crippen LogP contribution in [0.5, 0.6) is 0 Å². The van der Waals surface area contributed by atoms with Crippen LogP contribution >= 0.6 is 0 Å². The van der Waals surface area contributed by atoms with E-state index >= 15 is 0 Å². The van der Waals surface area contributed by atoms with E-state index in [1.807, 2.05) is 6.92 Å². The van der Waals surface area contributed by atoms with Gasteiger partial charge in [0.1, 0.15) is 0 Å². The molecule has 0 bridgehead atoms. The zero-order valence-corrected chi connectivity index (χ0v) is 5.63. The normalized spacial score (nSPS) is 35.3. The molecule has 3 nitrogen and oxygen atoms in total. The molecule has 1 rings (SSSR count). The maximum atomic E-state index is 8.90. The molecule has 0 aliphatic carbocycles. The number of rotatable bonds is 0. The molecular weight excluding hydrogens is 120 g/mol. The van der Waals surface area contributed by atoms with Crippen LogP contribution < -0.4 is 0 Å². The third-order valence-corrected chi connectivity index (χ3v) is 1.48. The average molecular weight is 134 g/mol. The Hall–Kier alpha value is -0.120. The maximum Gasteiger partial charge on any atom is 0.0774 e. The molecule has 9 heavy (non-hydrogen) atoms. The summed E-state index contributed by atoms with van der Waals surface area (Å²) in [5.41, 5.74) is 0. The van der Waals surface area contributed by atoms with Gasteiger partial charge in [-0.05, 0) is 19.8 Å². The van der Waals surface area contributed by atoms with Gasteiger partial charge in [-0.3, -0.25) is 0 Å². The second kappa shape index (κ2) is 3.82. The van der Waals surface area contributed by atoms with Gasteiger partial charge in [0.2, 0.25) is 0 Å². The number of hydrogen-bond acceptors (Lipinski definition) is 2. The zero-order valence-electron chi connectivity index (χ0n) is 5.63. The maximum absolute atomic E-state index is 8.90. The van der Waals surface area contributed by atoms with Crippen LogP contribution in [0.1, 0.15) is 19.8 Å². The summed E-state index contributed by atoms with van der Waals surface area (Å²) in [5, 5.41) is 8.90.